The number of carbonyl (C=O) groups is 1. The van der Waals surface area contributed by atoms with Gasteiger partial charge in [-0.3, -0.25) is 9.80 Å². The van der Waals surface area contributed by atoms with Gasteiger partial charge in [0.05, 0.1) is 7.11 Å². The van der Waals surface area contributed by atoms with Gasteiger partial charge < -0.3 is 25.3 Å². The highest BCUT2D eigenvalue weighted by Gasteiger charge is 2.34. The lowest BCUT2D eigenvalue weighted by Gasteiger charge is -2.44. The van der Waals surface area contributed by atoms with Crippen LogP contribution in [0.1, 0.15) is 35.6 Å². The molecule has 0 bridgehead atoms. The average molecular weight is 558 g/mol. The number of oxime groups is 1. The van der Waals surface area contributed by atoms with Gasteiger partial charge in [-0.1, -0.05) is 47.6 Å². The van der Waals surface area contributed by atoms with E-state index in [1.54, 1.807) is 0 Å². The summed E-state index contributed by atoms with van der Waals surface area (Å²) in [4.78, 5) is 20.1. The molecule has 9 heteroatoms. The number of nitrogens with zero attached hydrogens (tertiary/aromatic N) is 4. The molecule has 0 aromatic heterocycles. The standard InChI is InChI=1S/C32H39N5O4/c1-40-32(38)30(25-9-13-29(14-10-25)41-23-24-5-3-2-4-6-24)37-17-15-28(16-18-37)36-21-19-35(20-22-36)27-11-7-26(8-12-27)31(33)34-39/h2-14,28,30,39H,15-23H2,1H3,(H2,33,34). The Morgan fingerprint density at radius 3 is 2.20 bits per heavy atom. The second-order valence-corrected chi connectivity index (χ2v) is 10.6. The highest BCUT2D eigenvalue weighted by Crippen LogP contribution is 2.30. The van der Waals surface area contributed by atoms with Gasteiger partial charge in [-0.25, -0.2) is 4.79 Å². The number of esters is 1. The van der Waals surface area contributed by atoms with Crippen LogP contribution in [0.15, 0.2) is 84.0 Å². The smallest absolute Gasteiger partial charge is 0.327 e. The largest absolute Gasteiger partial charge is 0.489 e. The van der Waals surface area contributed by atoms with Gasteiger partial charge in [0.25, 0.3) is 0 Å². The van der Waals surface area contributed by atoms with E-state index in [4.69, 9.17) is 20.4 Å². The summed E-state index contributed by atoms with van der Waals surface area (Å²) in [6, 6.07) is 25.8. The van der Waals surface area contributed by atoms with Crippen LogP contribution in [-0.4, -0.2) is 79.2 Å². The third-order valence-corrected chi connectivity index (χ3v) is 8.20. The molecule has 0 radical (unpaired) electrons. The summed E-state index contributed by atoms with van der Waals surface area (Å²) in [5, 5.41) is 12.0. The number of methoxy groups -OCH3 is 1. The van der Waals surface area contributed by atoms with Crippen molar-refractivity contribution in [2.45, 2.75) is 31.5 Å². The number of hydrogen-bond acceptors (Lipinski definition) is 8. The molecule has 5 rings (SSSR count). The molecule has 41 heavy (non-hydrogen) atoms. The predicted molar refractivity (Wildman–Crippen MR) is 159 cm³/mol. The average Bonchev–Trinajstić information content (AvgIpc) is 3.05. The fourth-order valence-corrected chi connectivity index (χ4v) is 5.85. The van der Waals surface area contributed by atoms with Crippen molar-refractivity contribution in [1.29, 1.82) is 0 Å². The van der Waals surface area contributed by atoms with Crippen LogP contribution >= 0.6 is 0 Å². The maximum atomic E-state index is 12.9. The highest BCUT2D eigenvalue weighted by atomic mass is 16.5. The molecule has 2 fully saturated rings. The first-order valence-corrected chi connectivity index (χ1v) is 14.2. The van der Waals surface area contributed by atoms with Crippen LogP contribution in [0, 0.1) is 0 Å². The Bertz CT molecular complexity index is 1280. The van der Waals surface area contributed by atoms with Crippen LogP contribution in [-0.2, 0) is 16.1 Å². The number of hydrogen-bond donors (Lipinski definition) is 2. The maximum absolute atomic E-state index is 12.9. The zero-order chi connectivity index (χ0) is 28.6. The summed E-state index contributed by atoms with van der Waals surface area (Å²) in [6.07, 6.45) is 2.03. The third kappa shape index (κ3) is 6.99. The summed E-state index contributed by atoms with van der Waals surface area (Å²) >= 11 is 0. The van der Waals surface area contributed by atoms with Crippen molar-refractivity contribution < 1.29 is 19.5 Å². The molecule has 3 N–H and O–H groups in total. The van der Waals surface area contributed by atoms with Crippen molar-refractivity contribution in [2.75, 3.05) is 51.3 Å². The van der Waals surface area contributed by atoms with E-state index < -0.39 is 6.04 Å². The molecule has 3 aromatic carbocycles. The Labute approximate surface area is 241 Å². The fourth-order valence-electron chi connectivity index (χ4n) is 5.85. The summed E-state index contributed by atoms with van der Waals surface area (Å²) in [6.45, 7) is 6.08. The van der Waals surface area contributed by atoms with Gasteiger partial charge in [-0.05, 0) is 60.4 Å². The molecule has 1 atom stereocenters. The lowest BCUT2D eigenvalue weighted by Crippen LogP contribution is -2.54. The Morgan fingerprint density at radius 2 is 1.59 bits per heavy atom. The first-order chi connectivity index (χ1) is 20.1. The number of likely N-dealkylation sites (tertiary alicyclic amines) is 1. The Hall–Kier alpha value is -4.08. The van der Waals surface area contributed by atoms with Gasteiger partial charge in [0.2, 0.25) is 0 Å². The van der Waals surface area contributed by atoms with E-state index in [1.165, 1.54) is 7.11 Å². The van der Waals surface area contributed by atoms with Gasteiger partial charge in [0, 0.05) is 56.6 Å². The highest BCUT2D eigenvalue weighted by molar-refractivity contribution is 5.97. The van der Waals surface area contributed by atoms with E-state index >= 15 is 0 Å². The minimum atomic E-state index is -0.422. The molecule has 3 aromatic rings. The van der Waals surface area contributed by atoms with Crippen LogP contribution in [0.4, 0.5) is 5.69 Å². The van der Waals surface area contributed by atoms with Crippen LogP contribution < -0.4 is 15.4 Å². The van der Waals surface area contributed by atoms with Crippen LogP contribution in [0.5, 0.6) is 5.75 Å². The van der Waals surface area contributed by atoms with E-state index in [2.05, 4.69) is 19.9 Å². The number of anilines is 1. The number of ether oxygens (including phenoxy) is 2. The minimum Gasteiger partial charge on any atom is -0.489 e. The van der Waals surface area contributed by atoms with E-state index in [-0.39, 0.29) is 11.8 Å². The number of amidine groups is 1. The maximum Gasteiger partial charge on any atom is 0.327 e. The van der Waals surface area contributed by atoms with Crippen LogP contribution in [0.2, 0.25) is 0 Å². The molecule has 2 aliphatic rings. The predicted octanol–water partition coefficient (Wildman–Crippen LogP) is 3.86. The minimum absolute atomic E-state index is 0.118. The summed E-state index contributed by atoms with van der Waals surface area (Å²) < 4.78 is 11.2. The lowest BCUT2D eigenvalue weighted by atomic mass is 9.97. The molecular formula is C32H39N5O4. The zero-order valence-electron chi connectivity index (χ0n) is 23.6. The molecule has 0 amide bonds. The molecule has 2 heterocycles. The molecule has 9 nitrogen and oxygen atoms in total. The van der Waals surface area contributed by atoms with E-state index in [0.29, 0.717) is 18.2 Å². The number of piperazine rings is 1. The molecule has 216 valence electrons. The fraction of sp³-hybridized carbons (Fsp3) is 0.375. The molecule has 0 aliphatic carbocycles. The van der Waals surface area contributed by atoms with Crippen molar-refractivity contribution in [3.05, 3.63) is 95.6 Å². The summed E-state index contributed by atoms with van der Waals surface area (Å²) in [5.74, 6) is 0.665. The number of piperidine rings is 1. The van der Waals surface area contributed by atoms with E-state index in [0.717, 1.165) is 74.7 Å². The van der Waals surface area contributed by atoms with Gasteiger partial charge in [-0.2, -0.15) is 0 Å². The topological polar surface area (TPSA) is 104 Å². The Balaban J connectivity index is 1.13. The number of benzene rings is 3. The van der Waals surface area contributed by atoms with Crippen molar-refractivity contribution >= 4 is 17.5 Å². The lowest BCUT2D eigenvalue weighted by molar-refractivity contribution is -0.148. The first-order valence-electron chi connectivity index (χ1n) is 14.2. The summed E-state index contributed by atoms with van der Waals surface area (Å²) in [5.41, 5.74) is 9.58. The Kier molecular flexibility index (Phi) is 9.38. The van der Waals surface area contributed by atoms with Crippen molar-refractivity contribution in [2.24, 2.45) is 10.9 Å². The third-order valence-electron chi connectivity index (χ3n) is 8.20. The van der Waals surface area contributed by atoms with E-state index in [1.807, 2.05) is 78.9 Å². The van der Waals surface area contributed by atoms with Crippen molar-refractivity contribution in [3.63, 3.8) is 0 Å². The van der Waals surface area contributed by atoms with Gasteiger partial charge in [0.1, 0.15) is 18.4 Å². The SMILES string of the molecule is COC(=O)C(c1ccc(OCc2ccccc2)cc1)N1CCC(N2CCN(c3ccc(C(N)=NO)cc3)CC2)CC1. The molecule has 2 aliphatic heterocycles. The molecule has 0 saturated carbocycles. The van der Waals surface area contributed by atoms with Crippen molar-refractivity contribution in [3.8, 4) is 5.75 Å². The van der Waals surface area contributed by atoms with Gasteiger partial charge in [-0.15, -0.1) is 0 Å². The normalized spacial score (nSPS) is 18.2. The number of rotatable bonds is 9. The Morgan fingerprint density at radius 1 is 0.927 bits per heavy atom. The van der Waals surface area contributed by atoms with E-state index in [9.17, 15) is 4.79 Å². The number of nitrogens with two attached hydrogens (primary N) is 1. The second-order valence-electron chi connectivity index (χ2n) is 10.6. The van der Waals surface area contributed by atoms with Crippen molar-refractivity contribution in [1.82, 2.24) is 9.80 Å². The van der Waals surface area contributed by atoms with Crippen LogP contribution in [0.3, 0.4) is 0 Å². The molecular weight excluding hydrogens is 518 g/mol. The van der Waals surface area contributed by atoms with Crippen LogP contribution in [0.25, 0.3) is 0 Å². The molecule has 1 unspecified atom stereocenters. The number of carbonyl (C=O) groups excluding carboxylic acids is 1. The first kappa shape index (κ1) is 28.4. The van der Waals surface area contributed by atoms with Gasteiger partial charge in [0.15, 0.2) is 5.84 Å². The molecule has 0 spiro atoms. The quantitative estimate of drug-likeness (QED) is 0.134. The van der Waals surface area contributed by atoms with Gasteiger partial charge >= 0.3 is 5.97 Å². The second kappa shape index (κ2) is 13.5. The zero-order valence-corrected chi connectivity index (χ0v) is 23.6. The summed E-state index contributed by atoms with van der Waals surface area (Å²) in [7, 11) is 1.46. The molecule has 2 saturated heterocycles. The monoisotopic (exact) mass is 557 g/mol.